The van der Waals surface area contributed by atoms with E-state index < -0.39 is 36.6 Å². The number of alkyl halides is 3. The number of carbonyl (C=O) groups is 1. The third kappa shape index (κ3) is 5.80. The van der Waals surface area contributed by atoms with Crippen LogP contribution in [0.3, 0.4) is 0 Å². The number of hydrogen-bond acceptors (Lipinski definition) is 3. The molecular weight excluding hydrogens is 316 g/mol. The first-order valence-electron chi connectivity index (χ1n) is 6.96. The lowest BCUT2D eigenvalue weighted by Crippen LogP contribution is -2.48. The van der Waals surface area contributed by atoms with Crippen LogP contribution >= 0.6 is 0 Å². The van der Waals surface area contributed by atoms with E-state index in [1.807, 2.05) is 0 Å². The summed E-state index contributed by atoms with van der Waals surface area (Å²) in [4.78, 5) is 14.7. The molecule has 23 heavy (non-hydrogen) atoms. The van der Waals surface area contributed by atoms with Crippen LogP contribution in [0, 0.1) is 5.82 Å². The number of hydrogen-bond donors (Lipinski definition) is 1. The van der Waals surface area contributed by atoms with Gasteiger partial charge in [0.15, 0.2) is 6.10 Å². The van der Waals surface area contributed by atoms with Crippen LogP contribution in [0.1, 0.15) is 12.5 Å². The minimum atomic E-state index is -4.73. The zero-order chi connectivity index (χ0) is 17.8. The van der Waals surface area contributed by atoms with Gasteiger partial charge in [-0.15, -0.1) is 0 Å². The molecule has 8 heteroatoms. The molecule has 0 aliphatic heterocycles. The van der Waals surface area contributed by atoms with Gasteiger partial charge in [0.2, 0.25) is 5.91 Å². The van der Waals surface area contributed by atoms with Crippen LogP contribution in [0.4, 0.5) is 17.6 Å². The Bertz CT molecular complexity index is 536. The van der Waals surface area contributed by atoms with Crippen LogP contribution < -0.4 is 0 Å². The summed E-state index contributed by atoms with van der Waals surface area (Å²) in [6.45, 7) is 0.883. The van der Waals surface area contributed by atoms with Gasteiger partial charge in [-0.3, -0.25) is 9.69 Å². The van der Waals surface area contributed by atoms with Gasteiger partial charge in [0.25, 0.3) is 0 Å². The molecule has 0 fully saturated rings. The summed E-state index contributed by atoms with van der Waals surface area (Å²) in [5.74, 6) is -0.854. The highest BCUT2D eigenvalue weighted by Crippen LogP contribution is 2.21. The second-order valence-corrected chi connectivity index (χ2v) is 5.50. The predicted octanol–water partition coefficient (Wildman–Crippen LogP) is 2.03. The van der Waals surface area contributed by atoms with Gasteiger partial charge in [0.05, 0.1) is 6.04 Å². The van der Waals surface area contributed by atoms with Crippen LogP contribution in [0.15, 0.2) is 24.3 Å². The van der Waals surface area contributed by atoms with Crippen molar-refractivity contribution >= 4 is 5.91 Å². The Morgan fingerprint density at radius 3 is 2.43 bits per heavy atom. The maximum Gasteiger partial charge on any atom is 0.415 e. The first-order valence-corrected chi connectivity index (χ1v) is 6.96. The lowest BCUT2D eigenvalue weighted by molar-refractivity contribution is -0.208. The quantitative estimate of drug-likeness (QED) is 0.809. The van der Waals surface area contributed by atoms with E-state index >= 15 is 0 Å². The molecule has 2 atom stereocenters. The number of amides is 1. The molecule has 1 aromatic carbocycles. The summed E-state index contributed by atoms with van der Waals surface area (Å²) in [7, 11) is 2.81. The van der Waals surface area contributed by atoms with Crippen molar-refractivity contribution in [1.82, 2.24) is 9.80 Å². The summed E-state index contributed by atoms with van der Waals surface area (Å²) >= 11 is 0. The standard InChI is InChI=1S/C15H20F4N2O2/c1-10(20(2)9-13(22)15(17,18)19)14(23)21(3)8-11-5-4-6-12(16)7-11/h4-7,10,13,22H,8-9H2,1-3H3. The molecule has 0 bridgehead atoms. The number of carbonyl (C=O) groups excluding carboxylic acids is 1. The van der Waals surface area contributed by atoms with Crippen molar-refractivity contribution < 1.29 is 27.5 Å². The molecule has 1 rings (SSSR count). The third-order valence-corrected chi connectivity index (χ3v) is 3.54. The summed E-state index contributed by atoms with van der Waals surface area (Å²) in [5, 5.41) is 9.06. The molecule has 0 saturated heterocycles. The van der Waals surface area contributed by atoms with Crippen molar-refractivity contribution in [2.75, 3.05) is 20.6 Å². The summed E-state index contributed by atoms with van der Waals surface area (Å²) in [5.41, 5.74) is 0.575. The van der Waals surface area contributed by atoms with Crippen molar-refractivity contribution in [1.29, 1.82) is 0 Å². The van der Waals surface area contributed by atoms with Crippen LogP contribution in [0.5, 0.6) is 0 Å². The fourth-order valence-corrected chi connectivity index (χ4v) is 2.03. The smallest absolute Gasteiger partial charge is 0.382 e. The average molecular weight is 336 g/mol. The van der Waals surface area contributed by atoms with Gasteiger partial charge in [-0.05, 0) is 31.7 Å². The average Bonchev–Trinajstić information content (AvgIpc) is 2.44. The molecule has 0 aliphatic rings. The van der Waals surface area contributed by atoms with Crippen LogP contribution in [-0.2, 0) is 11.3 Å². The van der Waals surface area contributed by atoms with Gasteiger partial charge < -0.3 is 10.0 Å². The fourth-order valence-electron chi connectivity index (χ4n) is 2.03. The maximum absolute atomic E-state index is 13.1. The Morgan fingerprint density at radius 1 is 1.30 bits per heavy atom. The Balaban J connectivity index is 2.64. The molecule has 0 spiro atoms. The maximum atomic E-state index is 13.1. The Kier molecular flexibility index (Phi) is 6.52. The van der Waals surface area contributed by atoms with E-state index in [0.717, 1.165) is 4.90 Å². The van der Waals surface area contributed by atoms with Gasteiger partial charge in [-0.1, -0.05) is 12.1 Å². The Morgan fingerprint density at radius 2 is 1.91 bits per heavy atom. The van der Waals surface area contributed by atoms with Crippen molar-refractivity contribution in [2.45, 2.75) is 31.8 Å². The minimum absolute atomic E-state index is 0.136. The second kappa shape index (κ2) is 7.74. The van der Waals surface area contributed by atoms with Crippen molar-refractivity contribution in [3.05, 3.63) is 35.6 Å². The largest absolute Gasteiger partial charge is 0.415 e. The second-order valence-electron chi connectivity index (χ2n) is 5.50. The zero-order valence-electron chi connectivity index (χ0n) is 13.1. The van der Waals surface area contributed by atoms with Crippen molar-refractivity contribution in [3.8, 4) is 0 Å². The van der Waals surface area contributed by atoms with E-state index in [9.17, 15) is 22.4 Å². The van der Waals surface area contributed by atoms with Crippen molar-refractivity contribution in [2.24, 2.45) is 0 Å². The topological polar surface area (TPSA) is 43.8 Å². The zero-order valence-corrected chi connectivity index (χ0v) is 13.1. The molecule has 0 aliphatic carbocycles. The van der Waals surface area contributed by atoms with Crippen LogP contribution in [0.2, 0.25) is 0 Å². The number of nitrogens with zero attached hydrogens (tertiary/aromatic N) is 2. The highest BCUT2D eigenvalue weighted by atomic mass is 19.4. The molecule has 0 heterocycles. The SMILES string of the molecule is CC(C(=O)N(C)Cc1cccc(F)c1)N(C)CC(O)C(F)(F)F. The van der Waals surface area contributed by atoms with Crippen molar-refractivity contribution in [3.63, 3.8) is 0 Å². The number of likely N-dealkylation sites (N-methyl/N-ethyl adjacent to an activating group) is 2. The van der Waals surface area contributed by atoms with Crippen LogP contribution in [-0.4, -0.2) is 59.8 Å². The molecule has 130 valence electrons. The van der Waals surface area contributed by atoms with Gasteiger partial charge in [-0.25, -0.2) is 4.39 Å². The lowest BCUT2D eigenvalue weighted by atomic mass is 10.2. The number of halogens is 4. The van der Waals surface area contributed by atoms with E-state index in [1.165, 1.54) is 44.1 Å². The number of benzene rings is 1. The van der Waals surface area contributed by atoms with Gasteiger partial charge >= 0.3 is 6.18 Å². The molecule has 1 N–H and O–H groups in total. The predicted molar refractivity (Wildman–Crippen MR) is 77.0 cm³/mol. The summed E-state index contributed by atoms with van der Waals surface area (Å²) in [6, 6.07) is 4.86. The van der Waals surface area contributed by atoms with E-state index in [0.29, 0.717) is 5.56 Å². The molecule has 0 saturated carbocycles. The highest BCUT2D eigenvalue weighted by Gasteiger charge is 2.39. The van der Waals surface area contributed by atoms with Gasteiger partial charge in [0, 0.05) is 20.1 Å². The monoisotopic (exact) mass is 336 g/mol. The fraction of sp³-hybridized carbons (Fsp3) is 0.533. The lowest BCUT2D eigenvalue weighted by Gasteiger charge is -2.30. The normalized spacial score (nSPS) is 14.7. The molecule has 0 radical (unpaired) electrons. The minimum Gasteiger partial charge on any atom is -0.382 e. The van der Waals surface area contributed by atoms with E-state index in [-0.39, 0.29) is 6.54 Å². The van der Waals surface area contributed by atoms with E-state index in [2.05, 4.69) is 0 Å². The van der Waals surface area contributed by atoms with Gasteiger partial charge in [0.1, 0.15) is 5.82 Å². The molecule has 0 aromatic heterocycles. The first-order chi connectivity index (χ1) is 10.5. The summed E-state index contributed by atoms with van der Waals surface area (Å²) in [6.07, 6.45) is -7.25. The number of aliphatic hydroxyl groups excluding tert-OH is 1. The number of rotatable bonds is 6. The third-order valence-electron chi connectivity index (χ3n) is 3.54. The van der Waals surface area contributed by atoms with E-state index in [4.69, 9.17) is 5.11 Å². The highest BCUT2D eigenvalue weighted by molar-refractivity contribution is 5.81. The molecule has 1 amide bonds. The Hall–Kier alpha value is -1.67. The first kappa shape index (κ1) is 19.4. The molecule has 1 aromatic rings. The van der Waals surface area contributed by atoms with Crippen LogP contribution in [0.25, 0.3) is 0 Å². The van der Waals surface area contributed by atoms with E-state index in [1.54, 1.807) is 6.07 Å². The Labute approximate surface area is 132 Å². The molecular formula is C15H20F4N2O2. The molecule has 2 unspecified atom stereocenters. The van der Waals surface area contributed by atoms with Gasteiger partial charge in [-0.2, -0.15) is 13.2 Å². The summed E-state index contributed by atoms with van der Waals surface area (Å²) < 4.78 is 50.2. The molecule has 4 nitrogen and oxygen atoms in total. The number of aliphatic hydroxyl groups is 1.